The number of aliphatic hydroxyl groups excluding tert-OH is 2. The fourth-order valence-electron chi connectivity index (χ4n) is 7.04. The van der Waals surface area contributed by atoms with Gasteiger partial charge in [-0.3, -0.25) is 0 Å². The molecular weight excluding hydrogens is 629 g/mol. The highest BCUT2D eigenvalue weighted by atomic mass is 28.4. The van der Waals surface area contributed by atoms with Crippen molar-refractivity contribution in [1.29, 1.82) is 0 Å². The second kappa shape index (κ2) is 20.0. The molecule has 1 saturated carbocycles. The van der Waals surface area contributed by atoms with Crippen LogP contribution in [-0.2, 0) is 15.6 Å². The van der Waals surface area contributed by atoms with Crippen molar-refractivity contribution in [1.82, 2.24) is 10.6 Å². The van der Waals surface area contributed by atoms with Gasteiger partial charge in [0, 0.05) is 6.04 Å². The first-order valence-electron chi connectivity index (χ1n) is 19.5. The number of carbonyl (C=O) groups is 1. The number of hydrogen-bond acceptors (Lipinski definition) is 6. The van der Waals surface area contributed by atoms with Crippen molar-refractivity contribution < 1.29 is 24.2 Å². The third kappa shape index (κ3) is 16.6. The van der Waals surface area contributed by atoms with Gasteiger partial charge >= 0.3 is 6.09 Å². The summed E-state index contributed by atoms with van der Waals surface area (Å²) in [5.41, 5.74) is 0.524. The van der Waals surface area contributed by atoms with Crippen LogP contribution in [0.4, 0.5) is 4.79 Å². The Morgan fingerprint density at radius 2 is 1.47 bits per heavy atom. The molecule has 4 N–H and O–H groups in total. The molecule has 1 aromatic carbocycles. The van der Waals surface area contributed by atoms with Gasteiger partial charge in [0.1, 0.15) is 5.60 Å². The van der Waals surface area contributed by atoms with Crippen molar-refractivity contribution in [2.75, 3.05) is 6.54 Å². The van der Waals surface area contributed by atoms with Crippen molar-refractivity contribution in [3.05, 3.63) is 35.9 Å². The average molecular weight is 705 g/mol. The minimum absolute atomic E-state index is 0.0119. The molecule has 0 aromatic heterocycles. The molecule has 0 bridgehead atoms. The quantitative estimate of drug-likeness (QED) is 0.107. The van der Waals surface area contributed by atoms with Gasteiger partial charge in [-0.25, -0.2) is 4.79 Å². The summed E-state index contributed by atoms with van der Waals surface area (Å²) in [7, 11) is -2.26. The molecule has 1 aliphatic carbocycles. The maximum atomic E-state index is 13.4. The highest BCUT2D eigenvalue weighted by Gasteiger charge is 2.42. The van der Waals surface area contributed by atoms with E-state index < -0.39 is 32.2 Å². The summed E-state index contributed by atoms with van der Waals surface area (Å²) in [5.74, 6) is 1.57. The molecule has 2 rings (SSSR count). The van der Waals surface area contributed by atoms with E-state index in [1.165, 1.54) is 32.1 Å². The van der Waals surface area contributed by atoms with Crippen molar-refractivity contribution >= 4 is 14.4 Å². The minimum Gasteiger partial charge on any atom is -0.444 e. The van der Waals surface area contributed by atoms with Crippen LogP contribution >= 0.6 is 0 Å². The third-order valence-electron chi connectivity index (χ3n) is 10.6. The molecule has 49 heavy (non-hydrogen) atoms. The number of hydrogen-bond donors (Lipinski definition) is 4. The van der Waals surface area contributed by atoms with Crippen LogP contribution in [0.1, 0.15) is 133 Å². The van der Waals surface area contributed by atoms with Gasteiger partial charge in [-0.1, -0.05) is 111 Å². The van der Waals surface area contributed by atoms with Crippen LogP contribution in [0.25, 0.3) is 0 Å². The normalized spacial score (nSPS) is 18.9. The van der Waals surface area contributed by atoms with E-state index in [9.17, 15) is 15.0 Å². The number of rotatable bonds is 19. The number of alkyl carbamates (subject to hydrolysis) is 1. The Hall–Kier alpha value is -1.45. The van der Waals surface area contributed by atoms with Gasteiger partial charge in [0.2, 0.25) is 0 Å². The van der Waals surface area contributed by atoms with Crippen LogP contribution < -0.4 is 10.6 Å². The van der Waals surface area contributed by atoms with Crippen molar-refractivity contribution in [2.45, 2.75) is 188 Å². The van der Waals surface area contributed by atoms with Crippen LogP contribution in [0.5, 0.6) is 0 Å². The third-order valence-corrected chi connectivity index (χ3v) is 15.1. The molecule has 6 atom stereocenters. The number of ether oxygens (including phenoxy) is 1. The molecule has 0 heterocycles. The standard InChI is InChI=1S/C41H76N2O5Si/c1-29(2)23-33(28-42-35(26-32-21-17-14-18-22-32)38(45)36(44)24-30(3)4)27-37(48-49(11,12)41(8,9)10)34(25-31-19-15-13-16-20-31)43-39(46)47-40(5,6)7/h13,15-16,19-20,29-30,32-38,42,44-45H,14,17-18,21-28H2,1-12H3,(H,43,46)/t33-,34+,35+,36+,37-,38-/m1/s1. The Balaban J connectivity index is 2.46. The molecule has 8 heteroatoms. The van der Waals surface area contributed by atoms with Crippen LogP contribution in [0, 0.1) is 23.7 Å². The maximum Gasteiger partial charge on any atom is 0.407 e. The molecule has 7 nitrogen and oxygen atoms in total. The Morgan fingerprint density at radius 1 is 0.878 bits per heavy atom. The average Bonchev–Trinajstić information content (AvgIpc) is 2.97. The van der Waals surface area contributed by atoms with Gasteiger partial charge in [-0.2, -0.15) is 0 Å². The predicted molar refractivity (Wildman–Crippen MR) is 207 cm³/mol. The molecule has 1 aliphatic rings. The fraction of sp³-hybridized carbons (Fsp3) is 0.829. The van der Waals surface area contributed by atoms with Crippen LogP contribution in [0.15, 0.2) is 30.3 Å². The molecule has 0 radical (unpaired) electrons. The zero-order valence-electron chi connectivity index (χ0n) is 33.5. The maximum absolute atomic E-state index is 13.4. The second-order valence-corrected chi connectivity index (χ2v) is 23.3. The Labute approximate surface area is 302 Å². The summed E-state index contributed by atoms with van der Waals surface area (Å²) >= 11 is 0. The SMILES string of the molecule is CC(C)C[C@@H](CN[C@@H](CC1CCCCC1)[C@@H](O)[C@@H](O)CC(C)C)C[C@@H](O[Si](C)(C)C(C)(C)C)[C@H](Cc1ccccc1)NC(=O)OC(C)(C)C. The summed E-state index contributed by atoms with van der Waals surface area (Å²) in [5, 5.41) is 29.7. The molecule has 0 saturated heterocycles. The lowest BCUT2D eigenvalue weighted by molar-refractivity contribution is -0.0212. The zero-order chi connectivity index (χ0) is 37.0. The first-order valence-corrected chi connectivity index (χ1v) is 22.4. The van der Waals surface area contributed by atoms with Gasteiger partial charge in [-0.05, 0) is 107 Å². The lowest BCUT2D eigenvalue weighted by atomic mass is 9.82. The fourth-order valence-corrected chi connectivity index (χ4v) is 8.42. The first kappa shape index (κ1) is 43.7. The number of nitrogens with one attached hydrogen (secondary N) is 2. The second-order valence-electron chi connectivity index (χ2n) is 18.5. The summed E-state index contributed by atoms with van der Waals surface area (Å²) in [6.07, 6.45) is 7.77. The van der Waals surface area contributed by atoms with Crippen molar-refractivity contribution in [3.8, 4) is 0 Å². The highest BCUT2D eigenvalue weighted by molar-refractivity contribution is 6.74. The number of carbonyl (C=O) groups excluding carboxylic acids is 1. The molecular formula is C41H76N2O5Si. The van der Waals surface area contributed by atoms with E-state index in [0.717, 1.165) is 24.8 Å². The minimum atomic E-state index is -2.26. The van der Waals surface area contributed by atoms with Crippen LogP contribution in [0.2, 0.25) is 18.1 Å². The number of amides is 1. The molecule has 0 unspecified atom stereocenters. The largest absolute Gasteiger partial charge is 0.444 e. The smallest absolute Gasteiger partial charge is 0.407 e. The van der Waals surface area contributed by atoms with Gasteiger partial charge < -0.3 is 30.0 Å². The van der Waals surface area contributed by atoms with E-state index in [-0.39, 0.29) is 29.1 Å². The van der Waals surface area contributed by atoms with Gasteiger partial charge in [0.15, 0.2) is 8.32 Å². The van der Waals surface area contributed by atoms with E-state index in [4.69, 9.17) is 9.16 Å². The number of benzene rings is 1. The Morgan fingerprint density at radius 3 is 2.00 bits per heavy atom. The van der Waals surface area contributed by atoms with E-state index in [2.05, 4.69) is 84.3 Å². The zero-order valence-corrected chi connectivity index (χ0v) is 34.5. The van der Waals surface area contributed by atoms with Crippen molar-refractivity contribution in [3.63, 3.8) is 0 Å². The summed E-state index contributed by atoms with van der Waals surface area (Å²) in [6.45, 7) is 26.5. The van der Waals surface area contributed by atoms with Gasteiger partial charge in [-0.15, -0.1) is 0 Å². The summed E-state index contributed by atoms with van der Waals surface area (Å²) in [6, 6.07) is 9.86. The van der Waals surface area contributed by atoms with Crippen molar-refractivity contribution in [2.24, 2.45) is 23.7 Å². The van der Waals surface area contributed by atoms with Crippen LogP contribution in [0.3, 0.4) is 0 Å². The van der Waals surface area contributed by atoms with Crippen LogP contribution in [-0.4, -0.2) is 67.2 Å². The van der Waals surface area contributed by atoms with Gasteiger partial charge in [0.25, 0.3) is 0 Å². The first-order chi connectivity index (χ1) is 22.7. The number of aliphatic hydroxyl groups is 2. The lowest BCUT2D eigenvalue weighted by Gasteiger charge is -2.43. The summed E-state index contributed by atoms with van der Waals surface area (Å²) < 4.78 is 13.1. The molecule has 284 valence electrons. The predicted octanol–water partition coefficient (Wildman–Crippen LogP) is 9.26. The van der Waals surface area contributed by atoms with E-state index in [1.54, 1.807) is 0 Å². The Bertz CT molecular complexity index is 1060. The highest BCUT2D eigenvalue weighted by Crippen LogP contribution is 2.39. The molecule has 1 amide bonds. The summed E-state index contributed by atoms with van der Waals surface area (Å²) in [4.78, 5) is 13.4. The monoisotopic (exact) mass is 705 g/mol. The van der Waals surface area contributed by atoms with E-state index in [0.29, 0.717) is 37.1 Å². The topological polar surface area (TPSA) is 100 Å². The molecule has 0 spiro atoms. The van der Waals surface area contributed by atoms with E-state index in [1.807, 2.05) is 39.0 Å². The molecule has 1 aromatic rings. The Kier molecular flexibility index (Phi) is 17.8. The lowest BCUT2D eigenvalue weighted by Crippen LogP contribution is -2.54. The molecule has 1 fully saturated rings. The van der Waals surface area contributed by atoms with Gasteiger partial charge in [0.05, 0.1) is 24.4 Å². The van der Waals surface area contributed by atoms with E-state index >= 15 is 0 Å². The molecule has 0 aliphatic heterocycles.